The summed E-state index contributed by atoms with van der Waals surface area (Å²) in [4.78, 5) is 18.8. The van der Waals surface area contributed by atoms with Crippen molar-refractivity contribution < 1.29 is 9.18 Å². The fraction of sp³-hybridized carbons (Fsp3) is 0.250. The lowest BCUT2D eigenvalue weighted by atomic mass is 10.1. The average molecular weight is 350 g/mol. The Morgan fingerprint density at radius 1 is 1.31 bits per heavy atom. The number of halogens is 1. The van der Waals surface area contributed by atoms with Gasteiger partial charge in [0.1, 0.15) is 18.2 Å². The van der Waals surface area contributed by atoms with Crippen LogP contribution in [0.3, 0.4) is 0 Å². The number of likely N-dealkylation sites (N-methyl/N-ethyl adjacent to an activating group) is 1. The minimum atomic E-state index is -0.473. The summed E-state index contributed by atoms with van der Waals surface area (Å²) in [6.45, 7) is 4.50. The molecule has 0 saturated heterocycles. The molecule has 1 aromatic heterocycles. The number of imidazole rings is 1. The number of nitrogens with zero attached hydrogens (tertiary/aromatic N) is 4. The fourth-order valence-electron chi connectivity index (χ4n) is 2.96. The third-order valence-electron chi connectivity index (χ3n) is 4.42. The molecule has 1 amide bonds. The highest BCUT2D eigenvalue weighted by molar-refractivity contribution is 5.81. The standard InChI is InChI=1S/C20H19FN4O/c1-3-24(12-16-9-8-15(11-22)10-17(16)21)20(26)13-25-14(2)23-18-6-4-5-7-19(18)25/h4-10H,3,12-13H2,1-2H3. The first-order chi connectivity index (χ1) is 12.5. The topological polar surface area (TPSA) is 61.9 Å². The van der Waals surface area contributed by atoms with Crippen molar-refractivity contribution in [1.29, 1.82) is 5.26 Å². The molecule has 3 aromatic rings. The van der Waals surface area contributed by atoms with Crippen molar-refractivity contribution in [1.82, 2.24) is 14.5 Å². The Kier molecular flexibility index (Phi) is 4.99. The molecule has 0 aliphatic heterocycles. The second-order valence-electron chi connectivity index (χ2n) is 6.06. The molecule has 0 bridgehead atoms. The molecule has 0 aliphatic rings. The maximum atomic E-state index is 14.1. The number of benzene rings is 2. The highest BCUT2D eigenvalue weighted by atomic mass is 19.1. The van der Waals surface area contributed by atoms with Gasteiger partial charge in [0.05, 0.1) is 22.7 Å². The molecule has 3 rings (SSSR count). The van der Waals surface area contributed by atoms with Gasteiger partial charge in [-0.3, -0.25) is 4.79 Å². The number of amides is 1. The van der Waals surface area contributed by atoms with Crippen LogP contribution in [0.25, 0.3) is 11.0 Å². The molecule has 1 heterocycles. The average Bonchev–Trinajstić information content (AvgIpc) is 2.96. The zero-order valence-corrected chi connectivity index (χ0v) is 14.7. The van der Waals surface area contributed by atoms with Crippen LogP contribution >= 0.6 is 0 Å². The molecule has 0 spiro atoms. The third kappa shape index (κ3) is 3.42. The van der Waals surface area contributed by atoms with Crippen LogP contribution in [0.15, 0.2) is 42.5 Å². The molecule has 0 unspecified atom stereocenters. The number of fused-ring (bicyclic) bond motifs is 1. The summed E-state index contributed by atoms with van der Waals surface area (Å²) in [5.41, 5.74) is 2.41. The van der Waals surface area contributed by atoms with Crippen LogP contribution in [0.1, 0.15) is 23.9 Å². The normalized spacial score (nSPS) is 10.7. The van der Waals surface area contributed by atoms with Crippen molar-refractivity contribution >= 4 is 16.9 Å². The lowest BCUT2D eigenvalue weighted by Crippen LogP contribution is -2.33. The van der Waals surface area contributed by atoms with Gasteiger partial charge in [-0.1, -0.05) is 18.2 Å². The van der Waals surface area contributed by atoms with Crippen LogP contribution in [0, 0.1) is 24.1 Å². The summed E-state index contributed by atoms with van der Waals surface area (Å²) >= 11 is 0. The van der Waals surface area contributed by atoms with E-state index in [4.69, 9.17) is 5.26 Å². The van der Waals surface area contributed by atoms with E-state index in [1.54, 1.807) is 17.0 Å². The van der Waals surface area contributed by atoms with Gasteiger partial charge >= 0.3 is 0 Å². The van der Waals surface area contributed by atoms with Crippen molar-refractivity contribution in [3.63, 3.8) is 0 Å². The molecule has 2 aromatic carbocycles. The third-order valence-corrected chi connectivity index (χ3v) is 4.42. The molecule has 5 nitrogen and oxygen atoms in total. The quantitative estimate of drug-likeness (QED) is 0.708. The minimum Gasteiger partial charge on any atom is -0.337 e. The number of aromatic nitrogens is 2. The highest BCUT2D eigenvalue weighted by Gasteiger charge is 2.17. The molecule has 0 fully saturated rings. The Morgan fingerprint density at radius 3 is 2.77 bits per heavy atom. The van der Waals surface area contributed by atoms with E-state index >= 15 is 0 Å². The van der Waals surface area contributed by atoms with Crippen LogP contribution in [0.4, 0.5) is 4.39 Å². The summed E-state index contributed by atoms with van der Waals surface area (Å²) in [6, 6.07) is 13.9. The summed E-state index contributed by atoms with van der Waals surface area (Å²) in [5.74, 6) is 0.183. The maximum absolute atomic E-state index is 14.1. The Bertz CT molecular complexity index is 1000. The lowest BCUT2D eigenvalue weighted by Gasteiger charge is -2.22. The van der Waals surface area contributed by atoms with E-state index in [-0.39, 0.29) is 24.6 Å². The van der Waals surface area contributed by atoms with Crippen molar-refractivity contribution in [3.05, 3.63) is 65.2 Å². The van der Waals surface area contributed by atoms with Gasteiger partial charge in [-0.25, -0.2) is 9.37 Å². The van der Waals surface area contributed by atoms with E-state index < -0.39 is 5.82 Å². The van der Waals surface area contributed by atoms with E-state index in [2.05, 4.69) is 4.98 Å². The van der Waals surface area contributed by atoms with Crippen LogP contribution in [-0.2, 0) is 17.9 Å². The molecular formula is C20H19FN4O. The van der Waals surface area contributed by atoms with E-state index in [1.807, 2.05) is 48.7 Å². The van der Waals surface area contributed by atoms with Crippen LogP contribution in [0.2, 0.25) is 0 Å². The Hall–Kier alpha value is -3.20. The monoisotopic (exact) mass is 350 g/mol. The summed E-state index contributed by atoms with van der Waals surface area (Å²) in [5, 5.41) is 8.84. The number of rotatable bonds is 5. The molecule has 0 aliphatic carbocycles. The van der Waals surface area contributed by atoms with Gasteiger partial charge in [0.15, 0.2) is 0 Å². The van der Waals surface area contributed by atoms with Crippen molar-refractivity contribution in [2.45, 2.75) is 26.9 Å². The van der Waals surface area contributed by atoms with Crippen molar-refractivity contribution in [2.24, 2.45) is 0 Å². The first-order valence-corrected chi connectivity index (χ1v) is 8.41. The molecule has 0 radical (unpaired) electrons. The number of nitriles is 1. The zero-order chi connectivity index (χ0) is 18.7. The SMILES string of the molecule is CCN(Cc1ccc(C#N)cc1F)C(=O)Cn1c(C)nc2ccccc21. The summed E-state index contributed by atoms with van der Waals surface area (Å²) in [7, 11) is 0. The van der Waals surface area contributed by atoms with E-state index in [0.717, 1.165) is 16.9 Å². The lowest BCUT2D eigenvalue weighted by molar-refractivity contribution is -0.132. The summed E-state index contributed by atoms with van der Waals surface area (Å²) in [6.07, 6.45) is 0. The van der Waals surface area contributed by atoms with Gasteiger partial charge in [0.25, 0.3) is 0 Å². The number of para-hydroxylation sites is 2. The Balaban J connectivity index is 1.81. The smallest absolute Gasteiger partial charge is 0.242 e. The van der Waals surface area contributed by atoms with Crippen LogP contribution in [-0.4, -0.2) is 26.9 Å². The molecule has 6 heteroatoms. The largest absolute Gasteiger partial charge is 0.337 e. The van der Waals surface area contributed by atoms with Gasteiger partial charge < -0.3 is 9.47 Å². The minimum absolute atomic E-state index is 0.109. The second-order valence-corrected chi connectivity index (χ2v) is 6.06. The van der Waals surface area contributed by atoms with Crippen LogP contribution < -0.4 is 0 Å². The molecule has 26 heavy (non-hydrogen) atoms. The zero-order valence-electron chi connectivity index (χ0n) is 14.7. The fourth-order valence-corrected chi connectivity index (χ4v) is 2.96. The molecule has 0 saturated carbocycles. The Morgan fingerprint density at radius 2 is 2.08 bits per heavy atom. The van der Waals surface area contributed by atoms with Gasteiger partial charge in [-0.2, -0.15) is 5.26 Å². The van der Waals surface area contributed by atoms with Crippen molar-refractivity contribution in [3.8, 4) is 6.07 Å². The molecule has 0 N–H and O–H groups in total. The van der Waals surface area contributed by atoms with Crippen molar-refractivity contribution in [2.75, 3.05) is 6.54 Å². The molecule has 132 valence electrons. The van der Waals surface area contributed by atoms with Gasteiger partial charge in [0.2, 0.25) is 5.91 Å². The number of aryl methyl sites for hydroxylation is 1. The highest BCUT2D eigenvalue weighted by Crippen LogP contribution is 2.17. The van der Waals surface area contributed by atoms with Gasteiger partial charge in [-0.15, -0.1) is 0 Å². The van der Waals surface area contributed by atoms with Gasteiger partial charge in [-0.05, 0) is 38.1 Å². The Labute approximate surface area is 151 Å². The van der Waals surface area contributed by atoms with Gasteiger partial charge in [0, 0.05) is 18.7 Å². The first kappa shape index (κ1) is 17.6. The summed E-state index contributed by atoms with van der Waals surface area (Å²) < 4.78 is 16.0. The number of hydrogen-bond acceptors (Lipinski definition) is 3. The molecular weight excluding hydrogens is 331 g/mol. The first-order valence-electron chi connectivity index (χ1n) is 8.41. The van der Waals surface area contributed by atoms with E-state index in [9.17, 15) is 9.18 Å². The predicted molar refractivity (Wildman–Crippen MR) is 96.7 cm³/mol. The van der Waals surface area contributed by atoms with E-state index in [0.29, 0.717) is 12.1 Å². The number of hydrogen-bond donors (Lipinski definition) is 0. The number of carbonyl (C=O) groups excluding carboxylic acids is 1. The maximum Gasteiger partial charge on any atom is 0.242 e. The predicted octanol–water partition coefficient (Wildman–Crippen LogP) is 3.40. The molecule has 0 atom stereocenters. The van der Waals surface area contributed by atoms with Crippen LogP contribution in [0.5, 0.6) is 0 Å². The second kappa shape index (κ2) is 7.36. The van der Waals surface area contributed by atoms with E-state index in [1.165, 1.54) is 6.07 Å². The number of carbonyl (C=O) groups is 1.